The molecule has 1 saturated heterocycles. The third kappa shape index (κ3) is 4.50. The Bertz CT molecular complexity index is 973. The first-order chi connectivity index (χ1) is 13.8. The van der Waals surface area contributed by atoms with E-state index in [1.807, 2.05) is 0 Å². The maximum atomic E-state index is 13.0. The summed E-state index contributed by atoms with van der Waals surface area (Å²) in [5.74, 6) is -0.447. The second-order valence-electron chi connectivity index (χ2n) is 9.39. The largest absolute Gasteiger partial charge is 0.325 e. The summed E-state index contributed by atoms with van der Waals surface area (Å²) in [5, 5.41) is 5.38. The SMILES string of the molecule is CC(C)(C)C1CCC2(CC1)NC(=O)N(CC(=O)Nc1cccc(S(C)(=O)=O)c1)C2=O. The molecule has 1 aromatic rings. The topological polar surface area (TPSA) is 113 Å². The van der Waals surface area contributed by atoms with Crippen LogP contribution in [-0.2, 0) is 19.4 Å². The van der Waals surface area contributed by atoms with Gasteiger partial charge in [-0.25, -0.2) is 13.2 Å². The molecule has 4 amide bonds. The van der Waals surface area contributed by atoms with Crippen LogP contribution in [0.4, 0.5) is 10.5 Å². The van der Waals surface area contributed by atoms with Crippen LogP contribution in [0.25, 0.3) is 0 Å². The van der Waals surface area contributed by atoms with Crippen molar-refractivity contribution in [2.24, 2.45) is 11.3 Å². The number of sulfone groups is 1. The standard InChI is InChI=1S/C21H29N3O5S/c1-20(2,3)14-8-10-21(11-9-14)18(26)24(19(27)23-21)13-17(25)22-15-6-5-7-16(12-15)30(4,28)29/h5-7,12,14H,8-11,13H2,1-4H3,(H,22,25)(H,23,27). The van der Waals surface area contributed by atoms with E-state index in [1.54, 1.807) is 6.07 Å². The molecule has 9 heteroatoms. The Kier molecular flexibility index (Phi) is 5.70. The summed E-state index contributed by atoms with van der Waals surface area (Å²) >= 11 is 0. The highest BCUT2D eigenvalue weighted by Gasteiger charge is 2.53. The van der Waals surface area contributed by atoms with E-state index in [0.29, 0.717) is 18.8 Å². The van der Waals surface area contributed by atoms with Gasteiger partial charge < -0.3 is 10.6 Å². The van der Waals surface area contributed by atoms with Gasteiger partial charge in [0.25, 0.3) is 5.91 Å². The van der Waals surface area contributed by atoms with Gasteiger partial charge in [0.2, 0.25) is 5.91 Å². The number of hydrogen-bond acceptors (Lipinski definition) is 5. The summed E-state index contributed by atoms with van der Waals surface area (Å²) in [5.41, 5.74) is -0.488. The molecular weight excluding hydrogens is 406 g/mol. The monoisotopic (exact) mass is 435 g/mol. The summed E-state index contributed by atoms with van der Waals surface area (Å²) < 4.78 is 23.3. The van der Waals surface area contributed by atoms with E-state index < -0.39 is 33.9 Å². The van der Waals surface area contributed by atoms with Gasteiger partial charge in [-0.2, -0.15) is 0 Å². The molecule has 1 aliphatic heterocycles. The Balaban J connectivity index is 1.66. The van der Waals surface area contributed by atoms with Gasteiger partial charge in [-0.1, -0.05) is 26.8 Å². The average Bonchev–Trinajstić information content (AvgIpc) is 2.85. The second kappa shape index (κ2) is 7.68. The molecule has 8 nitrogen and oxygen atoms in total. The molecule has 1 heterocycles. The molecule has 0 atom stereocenters. The van der Waals surface area contributed by atoms with E-state index in [0.717, 1.165) is 24.0 Å². The van der Waals surface area contributed by atoms with Gasteiger partial charge in [0, 0.05) is 11.9 Å². The predicted molar refractivity (Wildman–Crippen MR) is 113 cm³/mol. The number of carbonyl (C=O) groups excluding carboxylic acids is 3. The van der Waals surface area contributed by atoms with Gasteiger partial charge in [-0.05, 0) is 55.2 Å². The van der Waals surface area contributed by atoms with E-state index in [9.17, 15) is 22.8 Å². The number of urea groups is 1. The molecule has 2 fully saturated rings. The number of anilines is 1. The third-order valence-electron chi connectivity index (χ3n) is 6.16. The van der Waals surface area contributed by atoms with Crippen LogP contribution in [-0.4, -0.2) is 49.5 Å². The highest BCUT2D eigenvalue weighted by atomic mass is 32.2. The number of benzene rings is 1. The Morgan fingerprint density at radius 2 is 1.87 bits per heavy atom. The third-order valence-corrected chi connectivity index (χ3v) is 7.27. The predicted octanol–water partition coefficient (Wildman–Crippen LogP) is 2.56. The van der Waals surface area contributed by atoms with Crippen molar-refractivity contribution in [3.05, 3.63) is 24.3 Å². The number of nitrogens with one attached hydrogen (secondary N) is 2. The van der Waals surface area contributed by atoms with Crippen molar-refractivity contribution in [2.75, 3.05) is 18.1 Å². The molecule has 1 aliphatic carbocycles. The Labute approximate surface area is 177 Å². The van der Waals surface area contributed by atoms with Crippen molar-refractivity contribution >= 4 is 33.4 Å². The first kappa shape index (κ1) is 22.3. The summed E-state index contributed by atoms with van der Waals surface area (Å²) in [4.78, 5) is 38.9. The summed E-state index contributed by atoms with van der Waals surface area (Å²) in [7, 11) is -3.41. The number of nitrogens with zero attached hydrogens (tertiary/aromatic N) is 1. The van der Waals surface area contributed by atoms with Crippen molar-refractivity contribution in [1.29, 1.82) is 0 Å². The average molecular weight is 436 g/mol. The molecule has 0 bridgehead atoms. The van der Waals surface area contributed by atoms with Gasteiger partial charge >= 0.3 is 6.03 Å². The molecule has 0 aromatic heterocycles. The van der Waals surface area contributed by atoms with Crippen LogP contribution >= 0.6 is 0 Å². The number of carbonyl (C=O) groups is 3. The molecule has 1 aromatic carbocycles. The molecule has 1 spiro atoms. The molecule has 2 aliphatic rings. The normalized spacial score (nSPS) is 24.8. The van der Waals surface area contributed by atoms with E-state index in [1.165, 1.54) is 18.2 Å². The number of rotatable bonds is 4. The van der Waals surface area contributed by atoms with E-state index >= 15 is 0 Å². The zero-order valence-electron chi connectivity index (χ0n) is 17.8. The van der Waals surface area contributed by atoms with Gasteiger partial charge in [-0.15, -0.1) is 0 Å². The number of amides is 4. The van der Waals surface area contributed by atoms with Gasteiger partial charge in [0.1, 0.15) is 12.1 Å². The quantitative estimate of drug-likeness (QED) is 0.706. The highest BCUT2D eigenvalue weighted by molar-refractivity contribution is 7.90. The van der Waals surface area contributed by atoms with Crippen LogP contribution in [0.1, 0.15) is 46.5 Å². The maximum absolute atomic E-state index is 13.0. The van der Waals surface area contributed by atoms with Crippen molar-refractivity contribution in [3.63, 3.8) is 0 Å². The molecule has 0 radical (unpaired) electrons. The Hall–Kier alpha value is -2.42. The van der Waals surface area contributed by atoms with Crippen molar-refractivity contribution in [1.82, 2.24) is 10.2 Å². The van der Waals surface area contributed by atoms with Crippen molar-refractivity contribution < 1.29 is 22.8 Å². The summed E-state index contributed by atoms with van der Waals surface area (Å²) in [6.07, 6.45) is 3.89. The number of imide groups is 1. The summed E-state index contributed by atoms with van der Waals surface area (Å²) in [6.45, 7) is 6.12. The van der Waals surface area contributed by atoms with Crippen LogP contribution in [0.3, 0.4) is 0 Å². The lowest BCUT2D eigenvalue weighted by Gasteiger charge is -2.40. The minimum absolute atomic E-state index is 0.0739. The fourth-order valence-electron chi connectivity index (χ4n) is 4.28. The molecule has 164 valence electrons. The molecule has 30 heavy (non-hydrogen) atoms. The Morgan fingerprint density at radius 1 is 1.23 bits per heavy atom. The van der Waals surface area contributed by atoms with Crippen LogP contribution in [0.5, 0.6) is 0 Å². The van der Waals surface area contributed by atoms with Crippen LogP contribution in [0, 0.1) is 11.3 Å². The van der Waals surface area contributed by atoms with Crippen LogP contribution < -0.4 is 10.6 Å². The molecular formula is C21H29N3O5S. The zero-order valence-corrected chi connectivity index (χ0v) is 18.6. The van der Waals surface area contributed by atoms with Crippen molar-refractivity contribution in [2.45, 2.75) is 56.9 Å². The van der Waals surface area contributed by atoms with E-state index in [4.69, 9.17) is 0 Å². The maximum Gasteiger partial charge on any atom is 0.325 e. The fourth-order valence-corrected chi connectivity index (χ4v) is 4.95. The number of hydrogen-bond donors (Lipinski definition) is 2. The van der Waals surface area contributed by atoms with E-state index in [-0.39, 0.29) is 21.9 Å². The van der Waals surface area contributed by atoms with Gasteiger partial charge in [-0.3, -0.25) is 14.5 Å². The van der Waals surface area contributed by atoms with Crippen molar-refractivity contribution in [3.8, 4) is 0 Å². The smallest absolute Gasteiger partial charge is 0.324 e. The lowest BCUT2D eigenvalue weighted by atomic mass is 9.67. The van der Waals surface area contributed by atoms with Gasteiger partial charge in [0.05, 0.1) is 4.90 Å². The van der Waals surface area contributed by atoms with Gasteiger partial charge in [0.15, 0.2) is 9.84 Å². The minimum atomic E-state index is -3.41. The van der Waals surface area contributed by atoms with Crippen LogP contribution in [0.2, 0.25) is 0 Å². The molecule has 3 rings (SSSR count). The first-order valence-electron chi connectivity index (χ1n) is 10.1. The molecule has 2 N–H and O–H groups in total. The molecule has 1 saturated carbocycles. The highest BCUT2D eigenvalue weighted by Crippen LogP contribution is 2.43. The molecule has 0 unspecified atom stereocenters. The lowest BCUT2D eigenvalue weighted by Crippen LogP contribution is -2.50. The lowest BCUT2D eigenvalue weighted by molar-refractivity contribution is -0.135. The fraction of sp³-hybridized carbons (Fsp3) is 0.571. The first-order valence-corrected chi connectivity index (χ1v) is 12.0. The minimum Gasteiger partial charge on any atom is -0.324 e. The Morgan fingerprint density at radius 3 is 2.43 bits per heavy atom. The van der Waals surface area contributed by atoms with Crippen LogP contribution in [0.15, 0.2) is 29.2 Å². The second-order valence-corrected chi connectivity index (χ2v) is 11.4. The zero-order chi connectivity index (χ0) is 22.3. The van der Waals surface area contributed by atoms with E-state index in [2.05, 4.69) is 31.4 Å². The summed E-state index contributed by atoms with van der Waals surface area (Å²) in [6, 6.07) is 5.28.